The number of likely N-dealkylation sites (tertiary alicyclic amines) is 1. The van der Waals surface area contributed by atoms with Crippen LogP contribution in [0.2, 0.25) is 0 Å². The number of nitrogens with zero attached hydrogens (tertiary/aromatic N) is 1. The molecule has 12 heteroatoms. The van der Waals surface area contributed by atoms with E-state index in [1.807, 2.05) is 11.8 Å². The topological polar surface area (TPSA) is 163 Å². The van der Waals surface area contributed by atoms with Gasteiger partial charge in [0.05, 0.1) is 12.1 Å². The third-order valence-corrected chi connectivity index (χ3v) is 9.86. The maximum atomic E-state index is 12.3. The highest BCUT2D eigenvalue weighted by Gasteiger charge is 2.42. The van der Waals surface area contributed by atoms with Crippen LogP contribution in [-0.2, 0) is 19.2 Å². The van der Waals surface area contributed by atoms with Crippen LogP contribution in [0.5, 0.6) is 0 Å². The molecule has 5 atom stereocenters. The Bertz CT molecular complexity index is 905. The molecule has 3 aliphatic rings. The maximum absolute atomic E-state index is 12.3. The van der Waals surface area contributed by atoms with Crippen molar-refractivity contribution in [3.63, 3.8) is 0 Å². The molecule has 0 aromatic heterocycles. The molecular weight excluding hydrogens is 544 g/mol. The van der Waals surface area contributed by atoms with Gasteiger partial charge < -0.3 is 31.9 Å². The van der Waals surface area contributed by atoms with E-state index in [0.29, 0.717) is 62.9 Å². The molecule has 5 unspecified atom stereocenters. The molecule has 0 spiro atoms. The van der Waals surface area contributed by atoms with Gasteiger partial charge in [0, 0.05) is 49.9 Å². The molecule has 6 N–H and O–H groups in total. The normalized spacial score (nSPS) is 24.1. The van der Waals surface area contributed by atoms with E-state index >= 15 is 0 Å². The highest BCUT2D eigenvalue weighted by Crippen LogP contribution is 2.33. The Hall–Kier alpha value is -2.50. The molecule has 6 amide bonds. The zero-order valence-electron chi connectivity index (χ0n) is 24.6. The summed E-state index contributed by atoms with van der Waals surface area (Å²) in [5, 5.41) is 12.3. The van der Waals surface area contributed by atoms with E-state index in [1.165, 1.54) is 0 Å². The maximum Gasteiger partial charge on any atom is 0.315 e. The zero-order chi connectivity index (χ0) is 29.6. The summed E-state index contributed by atoms with van der Waals surface area (Å²) in [6.45, 7) is 3.88. The Balaban J connectivity index is 1.12. The van der Waals surface area contributed by atoms with Gasteiger partial charge in [0.25, 0.3) is 0 Å². The lowest BCUT2D eigenvalue weighted by Crippen LogP contribution is -2.45. The third-order valence-electron chi connectivity index (χ3n) is 8.35. The van der Waals surface area contributed by atoms with Crippen LogP contribution >= 0.6 is 11.8 Å². The standard InChI is InChI=1S/C29H50N6O5S/c1-2-10-20-17-26(38)35(18-20)22(28(30)39)11-7-9-16-32-24(36)13-4-3-8-15-31-25(37)14-6-5-12-23-27-21(19-41-23)33-29(40)34-27/h20-23,27H,2-19H2,1H3,(H2,30,39)(H,31,37)(H,32,36)(H2,33,34,40). The van der Waals surface area contributed by atoms with Crippen LogP contribution in [-0.4, -0.2) is 83.3 Å². The van der Waals surface area contributed by atoms with Crippen molar-refractivity contribution < 1.29 is 24.0 Å². The van der Waals surface area contributed by atoms with Gasteiger partial charge in [-0.3, -0.25) is 19.2 Å². The van der Waals surface area contributed by atoms with Crippen LogP contribution in [0.15, 0.2) is 0 Å². The number of amides is 6. The lowest BCUT2D eigenvalue weighted by Gasteiger charge is -2.25. The zero-order valence-corrected chi connectivity index (χ0v) is 25.4. The third kappa shape index (κ3) is 11.0. The average Bonchev–Trinajstić information content (AvgIpc) is 3.59. The monoisotopic (exact) mass is 594 g/mol. The number of thioether (sulfide) groups is 1. The van der Waals surface area contributed by atoms with E-state index in [4.69, 9.17) is 5.73 Å². The number of hydrogen-bond acceptors (Lipinski definition) is 6. The number of nitrogens with one attached hydrogen (secondary N) is 4. The summed E-state index contributed by atoms with van der Waals surface area (Å²) in [4.78, 5) is 61.6. The Morgan fingerprint density at radius 1 is 0.951 bits per heavy atom. The summed E-state index contributed by atoms with van der Waals surface area (Å²) in [6.07, 6.45) is 10.8. The number of primary amides is 1. The summed E-state index contributed by atoms with van der Waals surface area (Å²) < 4.78 is 0. The molecular formula is C29H50N6O5S. The molecule has 11 nitrogen and oxygen atoms in total. The molecule has 0 aliphatic carbocycles. The van der Waals surface area contributed by atoms with E-state index < -0.39 is 11.9 Å². The second-order valence-corrected chi connectivity index (χ2v) is 13.0. The second kappa shape index (κ2) is 17.5. The fourth-order valence-corrected chi connectivity index (χ4v) is 7.66. The predicted octanol–water partition coefficient (Wildman–Crippen LogP) is 2.18. The van der Waals surface area contributed by atoms with Crippen molar-refractivity contribution in [2.45, 2.75) is 120 Å². The first-order valence-corrected chi connectivity index (χ1v) is 16.6. The predicted molar refractivity (Wildman–Crippen MR) is 160 cm³/mol. The SMILES string of the molecule is CCCC1CC(=O)N(C(CCCCNC(=O)CCCCCNC(=O)CCCCC2SCC3NC(=O)NC32)C(N)=O)C1. The number of urea groups is 1. The molecule has 0 aromatic carbocycles. The minimum atomic E-state index is -0.556. The van der Waals surface area contributed by atoms with Gasteiger partial charge in [-0.25, -0.2) is 4.79 Å². The number of fused-ring (bicyclic) bond motifs is 1. The van der Waals surface area contributed by atoms with Crippen molar-refractivity contribution in [3.8, 4) is 0 Å². The molecule has 232 valence electrons. The van der Waals surface area contributed by atoms with Crippen molar-refractivity contribution in [1.82, 2.24) is 26.2 Å². The summed E-state index contributed by atoms with van der Waals surface area (Å²) >= 11 is 1.90. The van der Waals surface area contributed by atoms with Crippen molar-refractivity contribution in [3.05, 3.63) is 0 Å². The van der Waals surface area contributed by atoms with Gasteiger partial charge in [0.1, 0.15) is 6.04 Å². The van der Waals surface area contributed by atoms with E-state index in [1.54, 1.807) is 4.90 Å². The lowest BCUT2D eigenvalue weighted by atomic mass is 10.0. The summed E-state index contributed by atoms with van der Waals surface area (Å²) in [6, 6.07) is -0.159. The largest absolute Gasteiger partial charge is 0.368 e. The number of nitrogens with two attached hydrogens (primary N) is 1. The molecule has 3 aliphatic heterocycles. The molecule has 3 fully saturated rings. The summed E-state index contributed by atoms with van der Waals surface area (Å²) in [7, 11) is 0. The van der Waals surface area contributed by atoms with Crippen molar-refractivity contribution in [2.24, 2.45) is 11.7 Å². The van der Waals surface area contributed by atoms with Gasteiger partial charge in [-0.05, 0) is 57.3 Å². The van der Waals surface area contributed by atoms with Gasteiger partial charge in [-0.15, -0.1) is 0 Å². The molecule has 3 saturated heterocycles. The minimum absolute atomic E-state index is 0.0114. The summed E-state index contributed by atoms with van der Waals surface area (Å²) in [5.74, 6) is 0.921. The second-order valence-electron chi connectivity index (χ2n) is 11.7. The molecule has 0 saturated carbocycles. The van der Waals surface area contributed by atoms with E-state index in [0.717, 1.165) is 63.5 Å². The number of unbranched alkanes of at least 4 members (excludes halogenated alkanes) is 4. The van der Waals surface area contributed by atoms with Gasteiger partial charge in [-0.1, -0.05) is 26.2 Å². The molecule has 3 rings (SSSR count). The Kier molecular flexibility index (Phi) is 14.1. The van der Waals surface area contributed by atoms with Gasteiger partial charge >= 0.3 is 6.03 Å². The number of carbonyl (C=O) groups is 5. The van der Waals surface area contributed by atoms with Crippen LogP contribution in [0.4, 0.5) is 4.79 Å². The quantitative estimate of drug-likeness (QED) is 0.107. The Morgan fingerprint density at radius 3 is 2.32 bits per heavy atom. The van der Waals surface area contributed by atoms with Crippen LogP contribution in [0, 0.1) is 5.92 Å². The molecule has 0 radical (unpaired) electrons. The smallest absolute Gasteiger partial charge is 0.315 e. The molecule has 0 aromatic rings. The van der Waals surface area contributed by atoms with Crippen LogP contribution in [0.25, 0.3) is 0 Å². The Morgan fingerprint density at radius 2 is 1.63 bits per heavy atom. The molecule has 0 bridgehead atoms. The molecule has 3 heterocycles. The number of hydrogen-bond donors (Lipinski definition) is 5. The highest BCUT2D eigenvalue weighted by atomic mass is 32.2. The first kappa shape index (κ1) is 33.0. The lowest BCUT2D eigenvalue weighted by molar-refractivity contribution is -0.136. The van der Waals surface area contributed by atoms with Gasteiger partial charge in [0.2, 0.25) is 23.6 Å². The van der Waals surface area contributed by atoms with E-state index in [2.05, 4.69) is 28.2 Å². The highest BCUT2D eigenvalue weighted by molar-refractivity contribution is 8.00. The fourth-order valence-electron chi connectivity index (χ4n) is 6.12. The van der Waals surface area contributed by atoms with Crippen LogP contribution in [0.1, 0.15) is 96.8 Å². The first-order chi connectivity index (χ1) is 19.8. The molecule has 41 heavy (non-hydrogen) atoms. The number of rotatable bonds is 20. The first-order valence-electron chi connectivity index (χ1n) is 15.6. The number of carbonyl (C=O) groups excluding carboxylic acids is 5. The average molecular weight is 595 g/mol. The van der Waals surface area contributed by atoms with Crippen molar-refractivity contribution >= 4 is 41.4 Å². The van der Waals surface area contributed by atoms with Crippen LogP contribution in [0.3, 0.4) is 0 Å². The van der Waals surface area contributed by atoms with Gasteiger partial charge in [-0.2, -0.15) is 11.8 Å². The fraction of sp³-hybridized carbons (Fsp3) is 0.828. The van der Waals surface area contributed by atoms with E-state index in [9.17, 15) is 24.0 Å². The van der Waals surface area contributed by atoms with Crippen LogP contribution < -0.4 is 27.0 Å². The van der Waals surface area contributed by atoms with Crippen molar-refractivity contribution in [1.29, 1.82) is 0 Å². The Labute approximate surface area is 248 Å². The van der Waals surface area contributed by atoms with E-state index in [-0.39, 0.29) is 35.8 Å². The summed E-state index contributed by atoms with van der Waals surface area (Å²) in [5.41, 5.74) is 5.59. The van der Waals surface area contributed by atoms with Gasteiger partial charge in [0.15, 0.2) is 0 Å². The minimum Gasteiger partial charge on any atom is -0.368 e. The van der Waals surface area contributed by atoms with Crippen molar-refractivity contribution in [2.75, 3.05) is 25.4 Å².